The molecule has 0 fully saturated rings. The predicted octanol–water partition coefficient (Wildman–Crippen LogP) is 3.61. The summed E-state index contributed by atoms with van der Waals surface area (Å²) in [5, 5.41) is 3.45. The molecule has 0 saturated heterocycles. The minimum atomic E-state index is -0.317. The van der Waals surface area contributed by atoms with E-state index in [-0.39, 0.29) is 10.8 Å². The number of halogens is 2. The number of hydrogen-bond acceptors (Lipinski definition) is 1. The molecule has 0 aromatic heterocycles. The second kappa shape index (κ2) is 5.47. The van der Waals surface area contributed by atoms with Crippen LogP contribution >= 0.6 is 11.6 Å². The van der Waals surface area contributed by atoms with Crippen LogP contribution in [0.1, 0.15) is 26.3 Å². The van der Waals surface area contributed by atoms with E-state index in [9.17, 15) is 4.39 Å². The molecular weight excluding hydrogens is 213 g/mol. The molecule has 0 spiro atoms. The van der Waals surface area contributed by atoms with E-state index in [0.717, 1.165) is 0 Å². The lowest BCUT2D eigenvalue weighted by molar-refractivity contribution is 0.421. The van der Waals surface area contributed by atoms with Gasteiger partial charge in [-0.2, -0.15) is 0 Å². The molecule has 1 aromatic carbocycles. The average Bonchev–Trinajstić information content (AvgIpc) is 2.19. The van der Waals surface area contributed by atoms with Crippen molar-refractivity contribution in [3.8, 4) is 0 Å². The van der Waals surface area contributed by atoms with Crippen molar-refractivity contribution in [3.63, 3.8) is 0 Å². The Morgan fingerprint density at radius 1 is 1.33 bits per heavy atom. The Kier molecular flexibility index (Phi) is 4.55. The van der Waals surface area contributed by atoms with Gasteiger partial charge < -0.3 is 5.32 Å². The molecular formula is C12H17ClFN. The highest BCUT2D eigenvalue weighted by Gasteiger charge is 2.09. The van der Waals surface area contributed by atoms with Gasteiger partial charge in [0.1, 0.15) is 5.82 Å². The maximum atomic E-state index is 13.5. The first kappa shape index (κ1) is 12.5. The summed E-state index contributed by atoms with van der Waals surface area (Å²) in [6.45, 7) is 6.87. The Hall–Kier alpha value is -0.600. The Labute approximate surface area is 95.6 Å². The largest absolute Gasteiger partial charge is 0.310 e. The summed E-state index contributed by atoms with van der Waals surface area (Å²) in [6.07, 6.45) is 0. The van der Waals surface area contributed by atoms with Crippen LogP contribution in [-0.4, -0.2) is 6.04 Å². The van der Waals surface area contributed by atoms with Crippen LogP contribution in [0.25, 0.3) is 0 Å². The van der Waals surface area contributed by atoms with Crippen molar-refractivity contribution in [1.29, 1.82) is 0 Å². The fraction of sp³-hybridized carbons (Fsp3) is 0.500. The minimum absolute atomic E-state index is 0.187. The SMILES string of the molecule is CC(C)[C@H](C)NCc1cccc(Cl)c1F. The molecule has 0 aliphatic heterocycles. The normalized spacial score (nSPS) is 13.2. The maximum Gasteiger partial charge on any atom is 0.146 e. The zero-order valence-electron chi connectivity index (χ0n) is 9.35. The zero-order chi connectivity index (χ0) is 11.4. The molecule has 0 saturated carbocycles. The summed E-state index contributed by atoms with van der Waals surface area (Å²) in [6, 6.07) is 5.44. The molecule has 1 nitrogen and oxygen atoms in total. The first-order chi connectivity index (χ1) is 7.02. The topological polar surface area (TPSA) is 12.0 Å². The number of rotatable bonds is 4. The van der Waals surface area contributed by atoms with Crippen molar-refractivity contribution in [1.82, 2.24) is 5.32 Å². The maximum absolute atomic E-state index is 13.5. The molecule has 0 unspecified atom stereocenters. The van der Waals surface area contributed by atoms with Gasteiger partial charge in [0.15, 0.2) is 0 Å². The van der Waals surface area contributed by atoms with E-state index in [1.807, 2.05) is 0 Å². The molecule has 0 heterocycles. The van der Waals surface area contributed by atoms with E-state index in [0.29, 0.717) is 24.1 Å². The monoisotopic (exact) mass is 229 g/mol. The van der Waals surface area contributed by atoms with Crippen molar-refractivity contribution in [2.75, 3.05) is 0 Å². The van der Waals surface area contributed by atoms with Crippen molar-refractivity contribution in [3.05, 3.63) is 34.6 Å². The van der Waals surface area contributed by atoms with Gasteiger partial charge in [0.25, 0.3) is 0 Å². The van der Waals surface area contributed by atoms with Gasteiger partial charge in [0.05, 0.1) is 5.02 Å². The molecule has 15 heavy (non-hydrogen) atoms. The van der Waals surface area contributed by atoms with E-state index in [1.54, 1.807) is 18.2 Å². The molecule has 0 bridgehead atoms. The van der Waals surface area contributed by atoms with Crippen LogP contribution in [0.15, 0.2) is 18.2 Å². The third-order valence-electron chi connectivity index (χ3n) is 2.65. The van der Waals surface area contributed by atoms with Crippen molar-refractivity contribution >= 4 is 11.6 Å². The minimum Gasteiger partial charge on any atom is -0.310 e. The van der Waals surface area contributed by atoms with Crippen molar-refractivity contribution < 1.29 is 4.39 Å². The second-order valence-electron chi connectivity index (χ2n) is 4.13. The smallest absolute Gasteiger partial charge is 0.146 e. The highest BCUT2D eigenvalue weighted by atomic mass is 35.5. The van der Waals surface area contributed by atoms with Crippen LogP contribution in [0.4, 0.5) is 4.39 Å². The zero-order valence-corrected chi connectivity index (χ0v) is 10.1. The second-order valence-corrected chi connectivity index (χ2v) is 4.53. The van der Waals surface area contributed by atoms with Gasteiger partial charge in [-0.1, -0.05) is 37.6 Å². The highest BCUT2D eigenvalue weighted by molar-refractivity contribution is 6.30. The Morgan fingerprint density at radius 3 is 2.60 bits per heavy atom. The van der Waals surface area contributed by atoms with Crippen LogP contribution < -0.4 is 5.32 Å². The number of nitrogens with one attached hydrogen (secondary N) is 1. The third kappa shape index (κ3) is 3.47. The molecule has 0 amide bonds. The van der Waals surface area contributed by atoms with Gasteiger partial charge in [0, 0.05) is 18.2 Å². The van der Waals surface area contributed by atoms with Crippen LogP contribution in [0.2, 0.25) is 5.02 Å². The molecule has 1 N–H and O–H groups in total. The fourth-order valence-corrected chi connectivity index (χ4v) is 1.39. The quantitative estimate of drug-likeness (QED) is 0.832. The molecule has 84 valence electrons. The summed E-state index contributed by atoms with van der Waals surface area (Å²) in [4.78, 5) is 0. The van der Waals surface area contributed by atoms with Crippen LogP contribution in [0, 0.1) is 11.7 Å². The lowest BCUT2D eigenvalue weighted by Gasteiger charge is -2.17. The lowest BCUT2D eigenvalue weighted by Crippen LogP contribution is -2.30. The fourth-order valence-electron chi connectivity index (χ4n) is 1.19. The summed E-state index contributed by atoms with van der Waals surface area (Å²) in [7, 11) is 0. The van der Waals surface area contributed by atoms with Crippen LogP contribution in [0.3, 0.4) is 0 Å². The molecule has 1 rings (SSSR count). The molecule has 1 aromatic rings. The summed E-state index contributed by atoms with van der Waals surface area (Å²) in [5.41, 5.74) is 0.620. The standard InChI is InChI=1S/C12H17ClFN/c1-8(2)9(3)15-7-10-5-4-6-11(13)12(10)14/h4-6,8-9,15H,7H2,1-3H3/t9-/m0/s1. The van der Waals surface area contributed by atoms with Crippen LogP contribution in [0.5, 0.6) is 0 Å². The summed E-state index contributed by atoms with van der Waals surface area (Å²) >= 11 is 5.69. The van der Waals surface area contributed by atoms with E-state index in [2.05, 4.69) is 26.1 Å². The van der Waals surface area contributed by atoms with Gasteiger partial charge in [0.2, 0.25) is 0 Å². The van der Waals surface area contributed by atoms with E-state index in [1.165, 1.54) is 0 Å². The van der Waals surface area contributed by atoms with Gasteiger partial charge >= 0.3 is 0 Å². The van der Waals surface area contributed by atoms with E-state index >= 15 is 0 Å². The van der Waals surface area contributed by atoms with E-state index < -0.39 is 0 Å². The van der Waals surface area contributed by atoms with Gasteiger partial charge in [-0.05, 0) is 18.9 Å². The lowest BCUT2D eigenvalue weighted by atomic mass is 10.1. The number of hydrogen-bond donors (Lipinski definition) is 1. The molecule has 0 aliphatic rings. The molecule has 1 atom stereocenters. The Balaban J connectivity index is 2.62. The van der Waals surface area contributed by atoms with E-state index in [4.69, 9.17) is 11.6 Å². The highest BCUT2D eigenvalue weighted by Crippen LogP contribution is 2.17. The van der Waals surface area contributed by atoms with Gasteiger partial charge in [-0.25, -0.2) is 4.39 Å². The Bertz CT molecular complexity index is 325. The predicted molar refractivity (Wildman–Crippen MR) is 62.5 cm³/mol. The van der Waals surface area contributed by atoms with Crippen molar-refractivity contribution in [2.45, 2.75) is 33.4 Å². The average molecular weight is 230 g/mol. The van der Waals surface area contributed by atoms with Crippen LogP contribution in [-0.2, 0) is 6.54 Å². The summed E-state index contributed by atoms with van der Waals surface area (Å²) in [5.74, 6) is 0.217. The molecule has 0 aliphatic carbocycles. The van der Waals surface area contributed by atoms with Crippen molar-refractivity contribution in [2.24, 2.45) is 5.92 Å². The Morgan fingerprint density at radius 2 is 2.00 bits per heavy atom. The van der Waals surface area contributed by atoms with Gasteiger partial charge in [-0.15, -0.1) is 0 Å². The molecule has 0 radical (unpaired) electrons. The number of benzene rings is 1. The summed E-state index contributed by atoms with van der Waals surface area (Å²) < 4.78 is 13.5. The molecule has 3 heteroatoms. The first-order valence-electron chi connectivity index (χ1n) is 5.18. The van der Waals surface area contributed by atoms with Gasteiger partial charge in [-0.3, -0.25) is 0 Å². The first-order valence-corrected chi connectivity index (χ1v) is 5.56. The third-order valence-corrected chi connectivity index (χ3v) is 2.94.